The van der Waals surface area contributed by atoms with Crippen LogP contribution in [-0.4, -0.2) is 13.2 Å². The van der Waals surface area contributed by atoms with Crippen molar-refractivity contribution in [2.24, 2.45) is 0 Å². The van der Waals surface area contributed by atoms with Crippen molar-refractivity contribution in [1.82, 2.24) is 0 Å². The molecule has 3 rings (SSSR count). The third-order valence-electron chi connectivity index (χ3n) is 4.29. The lowest BCUT2D eigenvalue weighted by molar-refractivity contribution is 0.732. The first kappa shape index (κ1) is 12.1. The molecule has 0 radical (unpaired) electrons. The van der Waals surface area contributed by atoms with Crippen molar-refractivity contribution in [1.29, 1.82) is 0 Å². The van der Waals surface area contributed by atoms with Crippen molar-refractivity contribution in [3.63, 3.8) is 0 Å². The molecular weight excluding hydrogens is 232 g/mol. The summed E-state index contributed by atoms with van der Waals surface area (Å²) in [4.78, 5) is 4.76. The fraction of sp³-hybridized carbons (Fsp3) is 0.294. The van der Waals surface area contributed by atoms with Crippen LogP contribution in [0.1, 0.15) is 18.1 Å². The van der Waals surface area contributed by atoms with E-state index in [1.54, 1.807) is 0 Å². The summed E-state index contributed by atoms with van der Waals surface area (Å²) in [5.41, 5.74) is 6.61. The van der Waals surface area contributed by atoms with Crippen LogP contribution in [0.3, 0.4) is 0 Å². The summed E-state index contributed by atoms with van der Waals surface area (Å²) in [5, 5.41) is 0. The Morgan fingerprint density at radius 3 is 2.21 bits per heavy atom. The maximum Gasteiger partial charge on any atom is 0.103 e. The molecule has 2 nitrogen and oxygen atoms in total. The lowest BCUT2D eigenvalue weighted by Gasteiger charge is -2.29. The molecule has 0 aromatic heterocycles. The minimum Gasteiger partial charge on any atom is -0.353 e. The minimum atomic E-state index is 0.345. The molecule has 0 fully saturated rings. The number of fused-ring (bicyclic) bond motifs is 1. The second-order valence-electron chi connectivity index (χ2n) is 5.32. The molecule has 0 amide bonds. The monoisotopic (exact) mass is 252 g/mol. The van der Waals surface area contributed by atoms with Crippen LogP contribution in [0.15, 0.2) is 42.5 Å². The second-order valence-corrected chi connectivity index (χ2v) is 5.32. The van der Waals surface area contributed by atoms with Crippen molar-refractivity contribution in [2.75, 3.05) is 16.8 Å². The van der Waals surface area contributed by atoms with Gasteiger partial charge in [-0.25, -0.2) is 0 Å². The predicted octanol–water partition coefficient (Wildman–Crippen LogP) is 4.24. The van der Waals surface area contributed by atoms with E-state index < -0.39 is 0 Å². The van der Waals surface area contributed by atoms with Gasteiger partial charge in [0.05, 0.1) is 11.4 Å². The highest BCUT2D eigenvalue weighted by molar-refractivity contribution is 5.84. The number of anilines is 3. The van der Waals surface area contributed by atoms with E-state index in [-0.39, 0.29) is 0 Å². The van der Waals surface area contributed by atoms with Crippen molar-refractivity contribution >= 4 is 17.1 Å². The molecule has 19 heavy (non-hydrogen) atoms. The summed E-state index contributed by atoms with van der Waals surface area (Å²) in [6.45, 7) is 6.63. The normalized spacial score (nSPS) is 17.8. The van der Waals surface area contributed by atoms with Crippen LogP contribution in [0, 0.1) is 13.8 Å². The molecule has 0 bridgehead atoms. The van der Waals surface area contributed by atoms with Crippen LogP contribution >= 0.6 is 0 Å². The number of hydrogen-bond acceptors (Lipinski definition) is 2. The van der Waals surface area contributed by atoms with Gasteiger partial charge in [0, 0.05) is 12.7 Å². The van der Waals surface area contributed by atoms with Crippen LogP contribution in [0.2, 0.25) is 0 Å². The summed E-state index contributed by atoms with van der Waals surface area (Å²) in [6.07, 6.45) is 0.345. The zero-order chi connectivity index (χ0) is 13.6. The first-order valence-corrected chi connectivity index (χ1v) is 6.78. The van der Waals surface area contributed by atoms with E-state index >= 15 is 0 Å². The zero-order valence-corrected chi connectivity index (χ0v) is 12.0. The smallest absolute Gasteiger partial charge is 0.103 e. The third kappa shape index (κ3) is 1.71. The highest BCUT2D eigenvalue weighted by atomic mass is 15.4. The Morgan fingerprint density at radius 2 is 1.47 bits per heavy atom. The first-order chi connectivity index (χ1) is 9.11. The molecule has 0 aliphatic carbocycles. The summed E-state index contributed by atoms with van der Waals surface area (Å²) in [5.74, 6) is 0. The van der Waals surface area contributed by atoms with Crippen LogP contribution in [-0.2, 0) is 0 Å². The summed E-state index contributed by atoms with van der Waals surface area (Å²) < 4.78 is 0. The van der Waals surface area contributed by atoms with Crippen molar-refractivity contribution in [3.05, 3.63) is 53.6 Å². The number of nitrogens with zero attached hydrogens (tertiary/aromatic N) is 2. The van der Waals surface area contributed by atoms with Gasteiger partial charge in [0.25, 0.3) is 0 Å². The molecule has 1 aliphatic heterocycles. The molecule has 0 N–H and O–H groups in total. The Morgan fingerprint density at radius 1 is 0.842 bits per heavy atom. The van der Waals surface area contributed by atoms with Gasteiger partial charge in [0.1, 0.15) is 6.17 Å². The molecule has 0 saturated heterocycles. The van der Waals surface area contributed by atoms with Gasteiger partial charge in [0.2, 0.25) is 0 Å². The highest BCUT2D eigenvalue weighted by Gasteiger charge is 2.31. The van der Waals surface area contributed by atoms with Crippen LogP contribution in [0.4, 0.5) is 17.1 Å². The molecule has 2 heteroatoms. The van der Waals surface area contributed by atoms with Gasteiger partial charge in [-0.2, -0.15) is 0 Å². The van der Waals surface area contributed by atoms with E-state index in [1.807, 2.05) is 0 Å². The van der Waals surface area contributed by atoms with E-state index in [4.69, 9.17) is 0 Å². The molecule has 1 aliphatic rings. The Labute approximate surface area is 115 Å². The summed E-state index contributed by atoms with van der Waals surface area (Å²) >= 11 is 0. The largest absolute Gasteiger partial charge is 0.353 e. The van der Waals surface area contributed by atoms with Crippen LogP contribution < -0.4 is 9.80 Å². The number of aryl methyl sites for hydroxylation is 1. The van der Waals surface area contributed by atoms with Crippen molar-refractivity contribution in [2.45, 2.75) is 26.9 Å². The minimum absolute atomic E-state index is 0.345. The van der Waals surface area contributed by atoms with Gasteiger partial charge in [-0.3, -0.25) is 0 Å². The van der Waals surface area contributed by atoms with Gasteiger partial charge in [-0.15, -0.1) is 0 Å². The highest BCUT2D eigenvalue weighted by Crippen LogP contribution is 2.44. The van der Waals surface area contributed by atoms with E-state index in [0.29, 0.717) is 6.17 Å². The summed E-state index contributed by atoms with van der Waals surface area (Å²) in [6, 6.07) is 15.2. The molecule has 0 spiro atoms. The third-order valence-corrected chi connectivity index (χ3v) is 4.29. The lowest BCUT2D eigenvalue weighted by Crippen LogP contribution is -2.35. The standard InChI is InChI=1S/C17H20N2/c1-12-8-7-11-15(13(12)2)19-14(3)18(4)16-9-5-6-10-17(16)19/h5-11,14H,1-4H3/t14-/m1/s1. The van der Waals surface area contributed by atoms with Crippen molar-refractivity contribution in [3.8, 4) is 0 Å². The Hall–Kier alpha value is -1.96. The quantitative estimate of drug-likeness (QED) is 0.749. The van der Waals surface area contributed by atoms with Crippen LogP contribution in [0.25, 0.3) is 0 Å². The number of hydrogen-bond donors (Lipinski definition) is 0. The van der Waals surface area contributed by atoms with E-state index in [2.05, 4.69) is 80.1 Å². The second kappa shape index (κ2) is 4.30. The molecular formula is C17H20N2. The predicted molar refractivity (Wildman–Crippen MR) is 82.4 cm³/mol. The zero-order valence-electron chi connectivity index (χ0n) is 12.0. The van der Waals surface area contributed by atoms with E-state index in [0.717, 1.165) is 0 Å². The number of rotatable bonds is 1. The van der Waals surface area contributed by atoms with Crippen LogP contribution in [0.5, 0.6) is 0 Å². The Kier molecular flexibility index (Phi) is 2.74. The molecule has 98 valence electrons. The van der Waals surface area contributed by atoms with Gasteiger partial charge in [-0.05, 0) is 50.1 Å². The maximum absolute atomic E-state index is 2.43. The Bertz CT molecular complexity index is 618. The molecule has 2 aromatic carbocycles. The van der Waals surface area contributed by atoms with E-state index in [9.17, 15) is 0 Å². The molecule has 0 saturated carbocycles. The van der Waals surface area contributed by atoms with Gasteiger partial charge < -0.3 is 9.80 Å². The SMILES string of the molecule is Cc1cccc(N2c3ccccc3N(C)[C@H]2C)c1C. The Balaban J connectivity index is 2.18. The molecule has 1 atom stereocenters. The van der Waals surface area contributed by atoms with E-state index in [1.165, 1.54) is 28.2 Å². The number of benzene rings is 2. The average molecular weight is 252 g/mol. The lowest BCUT2D eigenvalue weighted by atomic mass is 10.1. The fourth-order valence-corrected chi connectivity index (χ4v) is 2.87. The first-order valence-electron chi connectivity index (χ1n) is 6.78. The van der Waals surface area contributed by atoms with Crippen molar-refractivity contribution < 1.29 is 0 Å². The average Bonchev–Trinajstić information content (AvgIpc) is 2.67. The molecule has 0 unspecified atom stereocenters. The summed E-state index contributed by atoms with van der Waals surface area (Å²) in [7, 11) is 2.16. The molecule has 2 aromatic rings. The van der Waals surface area contributed by atoms with Gasteiger partial charge in [-0.1, -0.05) is 24.3 Å². The topological polar surface area (TPSA) is 6.48 Å². The fourth-order valence-electron chi connectivity index (χ4n) is 2.87. The van der Waals surface area contributed by atoms with Gasteiger partial charge >= 0.3 is 0 Å². The molecule has 1 heterocycles. The maximum atomic E-state index is 2.43. The number of para-hydroxylation sites is 2. The van der Waals surface area contributed by atoms with Gasteiger partial charge in [0.15, 0.2) is 0 Å².